The van der Waals surface area contributed by atoms with Crippen molar-refractivity contribution in [3.05, 3.63) is 89.6 Å². The molecule has 1 unspecified atom stereocenters. The lowest BCUT2D eigenvalue weighted by molar-refractivity contribution is -0.144. The molecule has 1 aliphatic rings. The molecule has 1 aromatic heterocycles. The van der Waals surface area contributed by atoms with E-state index in [4.69, 9.17) is 13.9 Å². The largest absolute Gasteiger partial charge is 0.489 e. The Morgan fingerprint density at radius 3 is 2.46 bits per heavy atom. The fourth-order valence-electron chi connectivity index (χ4n) is 4.63. The number of amides is 1. The highest BCUT2D eigenvalue weighted by atomic mass is 19.1. The monoisotopic (exact) mass is 479 g/mol. The van der Waals surface area contributed by atoms with E-state index in [0.29, 0.717) is 31.0 Å². The first-order valence-electron chi connectivity index (χ1n) is 12.0. The predicted octanol–water partition coefficient (Wildman–Crippen LogP) is 5.59. The second-order valence-corrected chi connectivity index (χ2v) is 8.67. The molecule has 2 aromatic carbocycles. The number of hydrogen-bond acceptors (Lipinski definition) is 5. The first-order valence-corrected chi connectivity index (χ1v) is 12.0. The highest BCUT2D eigenvalue weighted by Gasteiger charge is 2.33. The topological polar surface area (TPSA) is 69.0 Å². The quantitative estimate of drug-likeness (QED) is 0.375. The summed E-state index contributed by atoms with van der Waals surface area (Å²) in [4.78, 5) is 27.3. The molecule has 0 saturated carbocycles. The summed E-state index contributed by atoms with van der Waals surface area (Å²) in [7, 11) is 0. The third-order valence-corrected chi connectivity index (χ3v) is 6.46. The molecule has 0 N–H and O–H groups in total. The van der Waals surface area contributed by atoms with Crippen LogP contribution in [0, 0.1) is 11.7 Å². The standard InChI is InChI=1S/C28H30FNO5/c1-2-33-26(31)18-25(20-8-10-23(29)11-9-20)21-12-15-30(16-13-21)28(32)27-22(14-17-34-27)19-35-24-6-4-3-5-7-24/h3-11,14,17,21,25H,2,12-13,15-16,18-19H2,1H3. The van der Waals surface area contributed by atoms with Crippen LogP contribution in [0.2, 0.25) is 0 Å². The average Bonchev–Trinajstić information content (AvgIpc) is 3.36. The molecule has 2 heterocycles. The number of halogens is 1. The molecule has 6 nitrogen and oxygen atoms in total. The summed E-state index contributed by atoms with van der Waals surface area (Å²) in [5, 5.41) is 0. The van der Waals surface area contributed by atoms with E-state index in [2.05, 4.69) is 0 Å². The number of esters is 1. The van der Waals surface area contributed by atoms with E-state index in [9.17, 15) is 14.0 Å². The molecule has 1 fully saturated rings. The molecule has 1 atom stereocenters. The lowest BCUT2D eigenvalue weighted by Gasteiger charge is -2.36. The van der Waals surface area contributed by atoms with Crippen molar-refractivity contribution >= 4 is 11.9 Å². The second-order valence-electron chi connectivity index (χ2n) is 8.67. The van der Waals surface area contributed by atoms with Gasteiger partial charge in [-0.05, 0) is 67.5 Å². The van der Waals surface area contributed by atoms with E-state index >= 15 is 0 Å². The zero-order valence-electron chi connectivity index (χ0n) is 19.8. The summed E-state index contributed by atoms with van der Waals surface area (Å²) in [6.45, 7) is 3.43. The minimum atomic E-state index is -0.311. The summed E-state index contributed by atoms with van der Waals surface area (Å²) in [6, 6.07) is 17.5. The van der Waals surface area contributed by atoms with Crippen molar-refractivity contribution in [2.24, 2.45) is 5.92 Å². The van der Waals surface area contributed by atoms with Crippen LogP contribution in [0.1, 0.15) is 53.8 Å². The maximum absolute atomic E-state index is 13.5. The molecule has 3 aromatic rings. The molecular formula is C28H30FNO5. The SMILES string of the molecule is CCOC(=O)CC(c1ccc(F)cc1)C1CCN(C(=O)c2occc2COc2ccccc2)CC1. The number of hydrogen-bond donors (Lipinski definition) is 0. The predicted molar refractivity (Wildman–Crippen MR) is 129 cm³/mol. The molecule has 1 aliphatic heterocycles. The number of likely N-dealkylation sites (tertiary alicyclic amines) is 1. The van der Waals surface area contributed by atoms with Gasteiger partial charge in [0.15, 0.2) is 5.76 Å². The van der Waals surface area contributed by atoms with Crippen LogP contribution < -0.4 is 4.74 Å². The van der Waals surface area contributed by atoms with Gasteiger partial charge in [0.1, 0.15) is 18.2 Å². The number of carbonyl (C=O) groups is 2. The average molecular weight is 480 g/mol. The van der Waals surface area contributed by atoms with Crippen molar-refractivity contribution in [1.29, 1.82) is 0 Å². The molecule has 35 heavy (non-hydrogen) atoms. The Morgan fingerprint density at radius 2 is 1.77 bits per heavy atom. The summed E-state index contributed by atoms with van der Waals surface area (Å²) < 4.78 is 30.0. The number of benzene rings is 2. The third-order valence-electron chi connectivity index (χ3n) is 6.46. The molecule has 184 valence electrons. The molecule has 1 amide bonds. The van der Waals surface area contributed by atoms with Gasteiger partial charge in [0.2, 0.25) is 0 Å². The Labute approximate surface area is 204 Å². The van der Waals surface area contributed by atoms with Gasteiger partial charge >= 0.3 is 5.97 Å². The number of nitrogens with zero attached hydrogens (tertiary/aromatic N) is 1. The van der Waals surface area contributed by atoms with Gasteiger partial charge in [0.25, 0.3) is 5.91 Å². The molecule has 0 radical (unpaired) electrons. The van der Waals surface area contributed by atoms with E-state index in [-0.39, 0.29) is 42.6 Å². The summed E-state index contributed by atoms with van der Waals surface area (Å²) in [5.74, 6) is 0.358. The van der Waals surface area contributed by atoms with E-state index in [0.717, 1.165) is 24.2 Å². The highest BCUT2D eigenvalue weighted by molar-refractivity contribution is 5.93. The van der Waals surface area contributed by atoms with Crippen molar-refractivity contribution in [1.82, 2.24) is 4.90 Å². The molecule has 0 bridgehead atoms. The van der Waals surface area contributed by atoms with Crippen LogP contribution in [0.5, 0.6) is 5.75 Å². The Balaban J connectivity index is 1.39. The zero-order valence-corrected chi connectivity index (χ0v) is 19.8. The van der Waals surface area contributed by atoms with E-state index < -0.39 is 0 Å². The van der Waals surface area contributed by atoms with Crippen LogP contribution in [-0.4, -0.2) is 36.5 Å². The van der Waals surface area contributed by atoms with Crippen LogP contribution in [0.15, 0.2) is 71.3 Å². The number of furan rings is 1. The number of para-hydroxylation sites is 1. The maximum Gasteiger partial charge on any atom is 0.306 e. The summed E-state index contributed by atoms with van der Waals surface area (Å²) in [5.41, 5.74) is 1.61. The van der Waals surface area contributed by atoms with Crippen LogP contribution in [-0.2, 0) is 16.1 Å². The fourth-order valence-corrected chi connectivity index (χ4v) is 4.63. The Hall–Kier alpha value is -3.61. The zero-order chi connectivity index (χ0) is 24.6. The first kappa shape index (κ1) is 24.5. The third kappa shape index (κ3) is 6.29. The lowest BCUT2D eigenvalue weighted by atomic mass is 9.78. The van der Waals surface area contributed by atoms with E-state index in [1.54, 1.807) is 30.0 Å². The van der Waals surface area contributed by atoms with E-state index in [1.165, 1.54) is 18.4 Å². The summed E-state index contributed by atoms with van der Waals surface area (Å²) in [6.07, 6.45) is 3.19. The van der Waals surface area contributed by atoms with Crippen LogP contribution in [0.3, 0.4) is 0 Å². The summed E-state index contributed by atoms with van der Waals surface area (Å²) >= 11 is 0. The van der Waals surface area contributed by atoms with Gasteiger partial charge in [-0.3, -0.25) is 9.59 Å². The number of rotatable bonds is 9. The van der Waals surface area contributed by atoms with Gasteiger partial charge in [-0.2, -0.15) is 0 Å². The van der Waals surface area contributed by atoms with Gasteiger partial charge in [-0.15, -0.1) is 0 Å². The minimum absolute atomic E-state index is 0.0923. The van der Waals surface area contributed by atoms with Gasteiger partial charge in [-0.25, -0.2) is 4.39 Å². The molecule has 0 aliphatic carbocycles. The highest BCUT2D eigenvalue weighted by Crippen LogP contribution is 2.36. The van der Waals surface area contributed by atoms with Crippen LogP contribution >= 0.6 is 0 Å². The number of ether oxygens (including phenoxy) is 2. The van der Waals surface area contributed by atoms with E-state index in [1.807, 2.05) is 30.3 Å². The normalized spacial score (nSPS) is 15.0. The minimum Gasteiger partial charge on any atom is -0.489 e. The second kappa shape index (κ2) is 11.7. The molecule has 4 rings (SSSR count). The van der Waals surface area contributed by atoms with Crippen molar-refractivity contribution in [2.75, 3.05) is 19.7 Å². The van der Waals surface area contributed by atoms with Crippen molar-refractivity contribution in [2.45, 2.75) is 38.7 Å². The lowest BCUT2D eigenvalue weighted by Crippen LogP contribution is -2.40. The maximum atomic E-state index is 13.5. The fraction of sp³-hybridized carbons (Fsp3) is 0.357. The van der Waals surface area contributed by atoms with Crippen molar-refractivity contribution in [3.8, 4) is 5.75 Å². The smallest absolute Gasteiger partial charge is 0.306 e. The number of carbonyl (C=O) groups excluding carboxylic acids is 2. The van der Waals surface area contributed by atoms with Gasteiger partial charge in [0.05, 0.1) is 19.3 Å². The van der Waals surface area contributed by atoms with Gasteiger partial charge in [0, 0.05) is 18.7 Å². The molecule has 1 saturated heterocycles. The first-order chi connectivity index (χ1) is 17.0. The molecular weight excluding hydrogens is 449 g/mol. The van der Waals surface area contributed by atoms with Crippen molar-refractivity contribution in [3.63, 3.8) is 0 Å². The Kier molecular flexibility index (Phi) is 8.19. The molecule has 0 spiro atoms. The Morgan fingerprint density at radius 1 is 1.06 bits per heavy atom. The van der Waals surface area contributed by atoms with Crippen LogP contribution in [0.4, 0.5) is 4.39 Å². The van der Waals surface area contributed by atoms with Crippen molar-refractivity contribution < 1.29 is 27.9 Å². The van der Waals surface area contributed by atoms with Crippen LogP contribution in [0.25, 0.3) is 0 Å². The Bertz CT molecular complexity index is 1100. The van der Waals surface area contributed by atoms with Gasteiger partial charge < -0.3 is 18.8 Å². The van der Waals surface area contributed by atoms with Gasteiger partial charge in [-0.1, -0.05) is 30.3 Å². The molecule has 7 heteroatoms. The number of piperidine rings is 1.